The van der Waals surface area contributed by atoms with Crippen molar-refractivity contribution in [3.05, 3.63) is 0 Å². The zero-order valence-electron chi connectivity index (χ0n) is 6.81. The fraction of sp³-hybridized carbons (Fsp3) is 0.700. The molecule has 0 unspecified atom stereocenters. The average molecular weight is 150 g/mol. The van der Waals surface area contributed by atoms with Gasteiger partial charge in [-0.05, 0) is 12.8 Å². The van der Waals surface area contributed by atoms with Crippen molar-refractivity contribution in [1.29, 1.82) is 0 Å². The Bertz CT molecular complexity index is 170. The molecule has 0 aromatic carbocycles. The molecule has 0 aromatic heterocycles. The Hall–Kier alpha value is -0.770. The summed E-state index contributed by atoms with van der Waals surface area (Å²) in [6.45, 7) is 0. The minimum absolute atomic E-state index is 0.146. The molecular weight excluding hydrogens is 136 g/mol. The van der Waals surface area contributed by atoms with Crippen LogP contribution in [0.2, 0.25) is 0 Å². The third kappa shape index (κ3) is 1.83. The maximum atomic E-state index is 10.8. The highest BCUT2D eigenvalue weighted by Gasteiger charge is 2.30. The molecule has 0 radical (unpaired) electrons. The predicted octanol–water partition coefficient (Wildman–Crippen LogP) is 2.16. The molecule has 1 fully saturated rings. The molecule has 0 aliphatic heterocycles. The summed E-state index contributed by atoms with van der Waals surface area (Å²) in [7, 11) is 0. The van der Waals surface area contributed by atoms with Gasteiger partial charge in [-0.25, -0.2) is 0 Å². The normalized spacial score (nSPS) is 22.1. The van der Waals surface area contributed by atoms with Crippen molar-refractivity contribution in [3.8, 4) is 12.3 Å². The van der Waals surface area contributed by atoms with Crippen LogP contribution in [-0.2, 0) is 4.79 Å². The first-order valence-corrected chi connectivity index (χ1v) is 4.23. The van der Waals surface area contributed by atoms with E-state index in [0.717, 1.165) is 19.1 Å². The molecule has 1 aliphatic rings. The number of carbonyl (C=O) groups excluding carboxylic acids is 1. The SMILES string of the molecule is C#CCC1(C=O)CCCCC1. The summed E-state index contributed by atoms with van der Waals surface area (Å²) in [5, 5.41) is 0. The Kier molecular flexibility index (Phi) is 2.70. The summed E-state index contributed by atoms with van der Waals surface area (Å²) < 4.78 is 0. The molecule has 0 aromatic rings. The summed E-state index contributed by atoms with van der Waals surface area (Å²) in [4.78, 5) is 10.8. The van der Waals surface area contributed by atoms with Gasteiger partial charge in [-0.15, -0.1) is 12.3 Å². The Morgan fingerprint density at radius 2 is 2.00 bits per heavy atom. The van der Waals surface area contributed by atoms with Gasteiger partial charge in [0.05, 0.1) is 0 Å². The smallest absolute Gasteiger partial charge is 0.127 e. The molecule has 0 spiro atoms. The van der Waals surface area contributed by atoms with E-state index in [1.165, 1.54) is 19.3 Å². The van der Waals surface area contributed by atoms with Gasteiger partial charge in [-0.2, -0.15) is 0 Å². The number of aldehydes is 1. The minimum Gasteiger partial charge on any atom is -0.303 e. The molecule has 60 valence electrons. The second-order valence-corrected chi connectivity index (χ2v) is 3.42. The highest BCUT2D eigenvalue weighted by molar-refractivity contribution is 5.60. The summed E-state index contributed by atoms with van der Waals surface area (Å²) in [5.41, 5.74) is -0.146. The van der Waals surface area contributed by atoms with Crippen LogP contribution < -0.4 is 0 Å². The fourth-order valence-corrected chi connectivity index (χ4v) is 1.80. The van der Waals surface area contributed by atoms with Crippen LogP contribution in [0.4, 0.5) is 0 Å². The van der Waals surface area contributed by atoms with Crippen LogP contribution in [0.5, 0.6) is 0 Å². The Morgan fingerprint density at radius 3 is 2.45 bits per heavy atom. The third-order valence-corrected chi connectivity index (χ3v) is 2.55. The van der Waals surface area contributed by atoms with E-state index in [-0.39, 0.29) is 5.41 Å². The van der Waals surface area contributed by atoms with Crippen molar-refractivity contribution in [3.63, 3.8) is 0 Å². The number of terminal acetylenes is 1. The summed E-state index contributed by atoms with van der Waals surface area (Å²) in [6, 6.07) is 0. The van der Waals surface area contributed by atoms with Crippen molar-refractivity contribution in [2.45, 2.75) is 38.5 Å². The first-order valence-electron chi connectivity index (χ1n) is 4.23. The maximum Gasteiger partial charge on any atom is 0.127 e. The van der Waals surface area contributed by atoms with Gasteiger partial charge >= 0.3 is 0 Å². The zero-order valence-corrected chi connectivity index (χ0v) is 6.81. The lowest BCUT2D eigenvalue weighted by molar-refractivity contribution is -0.117. The molecule has 1 heteroatoms. The monoisotopic (exact) mass is 150 g/mol. The molecule has 11 heavy (non-hydrogen) atoms. The van der Waals surface area contributed by atoms with E-state index in [1.54, 1.807) is 0 Å². The van der Waals surface area contributed by atoms with E-state index in [2.05, 4.69) is 5.92 Å². The van der Waals surface area contributed by atoms with Gasteiger partial charge in [0.1, 0.15) is 6.29 Å². The van der Waals surface area contributed by atoms with Crippen LogP contribution in [0.1, 0.15) is 38.5 Å². The van der Waals surface area contributed by atoms with Crippen LogP contribution in [-0.4, -0.2) is 6.29 Å². The van der Waals surface area contributed by atoms with E-state index in [9.17, 15) is 4.79 Å². The second kappa shape index (κ2) is 3.57. The molecule has 0 atom stereocenters. The van der Waals surface area contributed by atoms with E-state index in [1.807, 2.05) is 0 Å². The first kappa shape index (κ1) is 8.33. The van der Waals surface area contributed by atoms with Gasteiger partial charge in [0.25, 0.3) is 0 Å². The average Bonchev–Trinajstić information content (AvgIpc) is 2.07. The van der Waals surface area contributed by atoms with Crippen LogP contribution in [0.3, 0.4) is 0 Å². The van der Waals surface area contributed by atoms with Crippen molar-refractivity contribution in [2.75, 3.05) is 0 Å². The Labute approximate surface area is 68.2 Å². The first-order chi connectivity index (χ1) is 5.33. The standard InChI is InChI=1S/C10H14O/c1-2-6-10(9-11)7-4-3-5-8-10/h1,9H,3-8H2. The van der Waals surface area contributed by atoms with E-state index in [4.69, 9.17) is 6.42 Å². The van der Waals surface area contributed by atoms with Crippen molar-refractivity contribution in [1.82, 2.24) is 0 Å². The Balaban J connectivity index is 2.58. The number of hydrogen-bond acceptors (Lipinski definition) is 1. The number of carbonyl (C=O) groups is 1. The Morgan fingerprint density at radius 1 is 1.36 bits per heavy atom. The third-order valence-electron chi connectivity index (χ3n) is 2.55. The summed E-state index contributed by atoms with van der Waals surface area (Å²) >= 11 is 0. The molecule has 0 amide bonds. The van der Waals surface area contributed by atoms with Crippen LogP contribution in [0, 0.1) is 17.8 Å². The largest absolute Gasteiger partial charge is 0.303 e. The van der Waals surface area contributed by atoms with Crippen LogP contribution >= 0.6 is 0 Å². The van der Waals surface area contributed by atoms with E-state index >= 15 is 0 Å². The molecule has 1 rings (SSSR count). The zero-order chi connectivity index (χ0) is 8.16. The van der Waals surface area contributed by atoms with Gasteiger partial charge in [-0.1, -0.05) is 19.3 Å². The summed E-state index contributed by atoms with van der Waals surface area (Å²) in [6.07, 6.45) is 12.5. The van der Waals surface area contributed by atoms with Crippen LogP contribution in [0.25, 0.3) is 0 Å². The van der Waals surface area contributed by atoms with Crippen molar-refractivity contribution >= 4 is 6.29 Å². The topological polar surface area (TPSA) is 17.1 Å². The van der Waals surface area contributed by atoms with Gasteiger partial charge in [0.15, 0.2) is 0 Å². The van der Waals surface area contributed by atoms with E-state index < -0.39 is 0 Å². The fourth-order valence-electron chi connectivity index (χ4n) is 1.80. The highest BCUT2D eigenvalue weighted by atomic mass is 16.1. The lowest BCUT2D eigenvalue weighted by Gasteiger charge is -2.29. The van der Waals surface area contributed by atoms with Crippen molar-refractivity contribution in [2.24, 2.45) is 5.41 Å². The minimum atomic E-state index is -0.146. The second-order valence-electron chi connectivity index (χ2n) is 3.42. The number of hydrogen-bond donors (Lipinski definition) is 0. The molecule has 1 aliphatic carbocycles. The highest BCUT2D eigenvalue weighted by Crippen LogP contribution is 2.36. The lowest BCUT2D eigenvalue weighted by atomic mass is 9.73. The molecular formula is C10H14O. The number of rotatable bonds is 2. The van der Waals surface area contributed by atoms with Crippen molar-refractivity contribution < 1.29 is 4.79 Å². The molecule has 1 nitrogen and oxygen atoms in total. The predicted molar refractivity (Wildman–Crippen MR) is 45.0 cm³/mol. The molecule has 0 saturated heterocycles. The van der Waals surface area contributed by atoms with Crippen LogP contribution in [0.15, 0.2) is 0 Å². The van der Waals surface area contributed by atoms with Gasteiger partial charge in [0.2, 0.25) is 0 Å². The van der Waals surface area contributed by atoms with Gasteiger partial charge < -0.3 is 4.79 Å². The molecule has 0 bridgehead atoms. The molecule has 0 N–H and O–H groups in total. The van der Waals surface area contributed by atoms with E-state index in [0.29, 0.717) is 6.42 Å². The maximum absolute atomic E-state index is 10.8. The molecule has 1 saturated carbocycles. The summed E-state index contributed by atoms with van der Waals surface area (Å²) in [5.74, 6) is 2.60. The van der Waals surface area contributed by atoms with Gasteiger partial charge in [-0.3, -0.25) is 0 Å². The lowest BCUT2D eigenvalue weighted by Crippen LogP contribution is -2.24. The quantitative estimate of drug-likeness (QED) is 0.435. The molecule has 0 heterocycles. The van der Waals surface area contributed by atoms with Gasteiger partial charge in [0, 0.05) is 11.8 Å².